The third-order valence-electron chi connectivity index (χ3n) is 6.58. The van der Waals surface area contributed by atoms with Gasteiger partial charge in [-0.1, -0.05) is 54.6 Å². The first kappa shape index (κ1) is 35.3. The van der Waals surface area contributed by atoms with Crippen LogP contribution in [0.5, 0.6) is 0 Å². The number of aryl methyl sites for hydroxylation is 2. The van der Waals surface area contributed by atoms with E-state index in [9.17, 15) is 19.2 Å². The van der Waals surface area contributed by atoms with Gasteiger partial charge in [0, 0.05) is 32.7 Å². The van der Waals surface area contributed by atoms with Crippen LogP contribution in [-0.4, -0.2) is 102 Å². The predicted octanol–water partition coefficient (Wildman–Crippen LogP) is -0.0248. The number of carboxylic acid groups (broad SMARTS) is 2. The number of hydrogen-bond donors (Lipinski definition) is 6. The largest absolute Gasteiger partial charge is 0.480 e. The van der Waals surface area contributed by atoms with Crippen molar-refractivity contribution in [1.82, 2.24) is 20.6 Å². The molecule has 1 atom stereocenters. The molecule has 0 saturated carbocycles. The molecule has 0 aliphatic rings. The molecule has 43 heavy (non-hydrogen) atoms. The van der Waals surface area contributed by atoms with E-state index >= 15 is 0 Å². The second-order valence-corrected chi connectivity index (χ2v) is 10.2. The van der Waals surface area contributed by atoms with Gasteiger partial charge in [0.1, 0.15) is 0 Å². The SMILES string of the molecule is NCCN(CCN(CC(=O)O)CC(=O)O)CC(=O)NCc1ccc(CCCONC(=O)[C@H](N)CCc2ccccc2)cc1. The van der Waals surface area contributed by atoms with E-state index < -0.39 is 31.1 Å². The van der Waals surface area contributed by atoms with Crippen molar-refractivity contribution in [2.75, 3.05) is 52.4 Å². The van der Waals surface area contributed by atoms with Gasteiger partial charge < -0.3 is 27.0 Å². The van der Waals surface area contributed by atoms with Crippen LogP contribution in [-0.2, 0) is 43.4 Å². The summed E-state index contributed by atoms with van der Waals surface area (Å²) in [6, 6.07) is 17.0. The number of nitrogens with two attached hydrogens (primary N) is 2. The number of hydrogen-bond acceptors (Lipinski definition) is 9. The van der Waals surface area contributed by atoms with Gasteiger partial charge in [-0.3, -0.25) is 33.8 Å². The molecule has 2 aromatic rings. The summed E-state index contributed by atoms with van der Waals surface area (Å²) in [5.74, 6) is -2.81. The van der Waals surface area contributed by atoms with Crippen molar-refractivity contribution >= 4 is 23.8 Å². The maximum atomic E-state index is 12.5. The van der Waals surface area contributed by atoms with Gasteiger partial charge in [-0.05, 0) is 42.4 Å². The molecule has 236 valence electrons. The lowest BCUT2D eigenvalue weighted by atomic mass is 10.1. The Balaban J connectivity index is 1.65. The Morgan fingerprint density at radius 1 is 0.791 bits per heavy atom. The average Bonchev–Trinajstić information content (AvgIpc) is 2.98. The quantitative estimate of drug-likeness (QED) is 0.0783. The van der Waals surface area contributed by atoms with Gasteiger partial charge >= 0.3 is 11.9 Å². The van der Waals surface area contributed by atoms with Crippen molar-refractivity contribution in [3.8, 4) is 0 Å². The molecule has 8 N–H and O–H groups in total. The lowest BCUT2D eigenvalue weighted by molar-refractivity contribution is -0.142. The molecule has 0 spiro atoms. The van der Waals surface area contributed by atoms with Crippen molar-refractivity contribution in [1.29, 1.82) is 0 Å². The Hall–Kier alpha value is -3.88. The summed E-state index contributed by atoms with van der Waals surface area (Å²) in [6.07, 6.45) is 2.69. The number of hydroxylamine groups is 1. The van der Waals surface area contributed by atoms with Gasteiger partial charge in [0.05, 0.1) is 32.3 Å². The third kappa shape index (κ3) is 15.8. The monoisotopic (exact) mass is 600 g/mol. The molecule has 0 heterocycles. The number of aliphatic carboxylic acids is 2. The summed E-state index contributed by atoms with van der Waals surface area (Å²) < 4.78 is 0. The van der Waals surface area contributed by atoms with E-state index in [1.807, 2.05) is 54.6 Å². The number of carboxylic acids is 2. The zero-order valence-electron chi connectivity index (χ0n) is 24.5. The van der Waals surface area contributed by atoms with E-state index in [0.717, 1.165) is 23.1 Å². The van der Waals surface area contributed by atoms with Crippen molar-refractivity contribution in [2.24, 2.45) is 11.5 Å². The summed E-state index contributed by atoms with van der Waals surface area (Å²) in [7, 11) is 0. The maximum Gasteiger partial charge on any atom is 0.317 e. The Morgan fingerprint density at radius 3 is 2.02 bits per heavy atom. The fraction of sp³-hybridized carbons (Fsp3) is 0.467. The highest BCUT2D eigenvalue weighted by Crippen LogP contribution is 2.08. The molecular formula is C30H44N6O7. The standard InChI is InChI=1S/C30H44N6O7/c31-14-15-35(16-17-36(21-28(38)39)22-29(40)41)20-27(37)33-19-25-10-8-24(9-11-25)7-4-18-43-34-30(42)26(32)13-12-23-5-2-1-3-6-23/h1-3,5-6,8-11,26H,4,7,12-22,31-32H2,(H,33,37)(H,34,42)(H,38,39)(H,40,41)/t26-/m1/s1. The smallest absolute Gasteiger partial charge is 0.317 e. The maximum absolute atomic E-state index is 12.5. The minimum atomic E-state index is -1.12. The highest BCUT2D eigenvalue weighted by atomic mass is 16.6. The first-order valence-electron chi connectivity index (χ1n) is 14.3. The number of amides is 2. The van der Waals surface area contributed by atoms with Crippen LogP contribution in [0.25, 0.3) is 0 Å². The molecule has 0 bridgehead atoms. The minimum absolute atomic E-state index is 0.0533. The fourth-order valence-electron chi connectivity index (χ4n) is 4.26. The molecule has 0 radical (unpaired) electrons. The van der Waals surface area contributed by atoms with Crippen molar-refractivity contribution in [3.63, 3.8) is 0 Å². The van der Waals surface area contributed by atoms with Crippen LogP contribution in [0, 0.1) is 0 Å². The highest BCUT2D eigenvalue weighted by molar-refractivity contribution is 5.80. The second kappa shape index (κ2) is 20.1. The highest BCUT2D eigenvalue weighted by Gasteiger charge is 2.17. The van der Waals surface area contributed by atoms with Gasteiger partial charge in [-0.2, -0.15) is 0 Å². The number of nitrogens with zero attached hydrogens (tertiary/aromatic N) is 2. The topological polar surface area (TPSA) is 201 Å². The number of carbonyl (C=O) groups is 4. The van der Waals surface area contributed by atoms with Crippen molar-refractivity contribution in [3.05, 3.63) is 71.3 Å². The normalized spacial score (nSPS) is 11.8. The summed E-state index contributed by atoms with van der Waals surface area (Å²) in [5.41, 5.74) is 17.2. The summed E-state index contributed by atoms with van der Waals surface area (Å²) in [6.45, 7) is 1.10. The molecule has 0 aliphatic carbocycles. The van der Waals surface area contributed by atoms with Crippen molar-refractivity contribution < 1.29 is 34.2 Å². The lowest BCUT2D eigenvalue weighted by Crippen LogP contribution is -2.45. The molecule has 0 unspecified atom stereocenters. The zero-order chi connectivity index (χ0) is 31.5. The zero-order valence-corrected chi connectivity index (χ0v) is 24.5. The minimum Gasteiger partial charge on any atom is -0.480 e. The summed E-state index contributed by atoms with van der Waals surface area (Å²) >= 11 is 0. The number of benzene rings is 2. The summed E-state index contributed by atoms with van der Waals surface area (Å²) in [5, 5.41) is 20.8. The number of rotatable bonds is 22. The van der Waals surface area contributed by atoms with Crippen molar-refractivity contribution in [2.45, 2.75) is 38.3 Å². The molecule has 0 aromatic heterocycles. The molecule has 0 fully saturated rings. The van der Waals surface area contributed by atoms with E-state index in [4.69, 9.17) is 26.5 Å². The van der Waals surface area contributed by atoms with E-state index in [-0.39, 0.29) is 24.9 Å². The van der Waals surface area contributed by atoms with Crippen LogP contribution >= 0.6 is 0 Å². The van der Waals surface area contributed by atoms with Gasteiger partial charge in [0.15, 0.2) is 0 Å². The van der Waals surface area contributed by atoms with Gasteiger partial charge in [-0.15, -0.1) is 0 Å². The van der Waals surface area contributed by atoms with Crippen LogP contribution in [0.15, 0.2) is 54.6 Å². The molecule has 13 nitrogen and oxygen atoms in total. The van der Waals surface area contributed by atoms with Crippen LogP contribution in [0.4, 0.5) is 0 Å². The molecule has 2 amide bonds. The third-order valence-corrected chi connectivity index (χ3v) is 6.58. The molecule has 0 aliphatic heterocycles. The van der Waals surface area contributed by atoms with Gasteiger partial charge in [-0.25, -0.2) is 5.48 Å². The van der Waals surface area contributed by atoms with E-state index in [1.165, 1.54) is 4.90 Å². The van der Waals surface area contributed by atoms with Gasteiger partial charge in [0.2, 0.25) is 5.91 Å². The predicted molar refractivity (Wildman–Crippen MR) is 161 cm³/mol. The average molecular weight is 601 g/mol. The molecule has 0 saturated heterocycles. The van der Waals surface area contributed by atoms with Crippen LogP contribution in [0.2, 0.25) is 0 Å². The molecule has 2 aromatic carbocycles. The van der Waals surface area contributed by atoms with E-state index in [2.05, 4.69) is 10.8 Å². The number of carbonyl (C=O) groups excluding carboxylic acids is 2. The Morgan fingerprint density at radius 2 is 1.40 bits per heavy atom. The van der Waals surface area contributed by atoms with E-state index in [1.54, 1.807) is 4.90 Å². The lowest BCUT2D eigenvalue weighted by Gasteiger charge is -2.25. The summed E-state index contributed by atoms with van der Waals surface area (Å²) in [4.78, 5) is 55.0. The Labute approximate surface area is 252 Å². The van der Waals surface area contributed by atoms with Crippen LogP contribution in [0.1, 0.15) is 29.5 Å². The molecule has 13 heteroatoms. The first-order chi connectivity index (χ1) is 20.7. The first-order valence-corrected chi connectivity index (χ1v) is 14.3. The molecule has 2 rings (SSSR count). The molecular weight excluding hydrogens is 556 g/mol. The Bertz CT molecular complexity index is 1120. The Kier molecular flexibility index (Phi) is 16.5. The second-order valence-electron chi connectivity index (χ2n) is 10.2. The van der Waals surface area contributed by atoms with Gasteiger partial charge in [0.25, 0.3) is 5.91 Å². The van der Waals surface area contributed by atoms with E-state index in [0.29, 0.717) is 52.0 Å². The van der Waals surface area contributed by atoms with Crippen LogP contribution < -0.4 is 22.3 Å². The fourth-order valence-corrected chi connectivity index (χ4v) is 4.26. The number of nitrogens with one attached hydrogen (secondary N) is 2. The van der Waals surface area contributed by atoms with Crippen LogP contribution in [0.3, 0.4) is 0 Å².